The molecule has 50 heavy (non-hydrogen) atoms. The van der Waals surface area contributed by atoms with Crippen LogP contribution in [0.2, 0.25) is 0 Å². The third kappa shape index (κ3) is 4.54. The number of aromatic nitrogens is 4. The summed E-state index contributed by atoms with van der Waals surface area (Å²) in [6, 6.07) is 60.3. The van der Waals surface area contributed by atoms with Crippen LogP contribution in [0, 0.1) is 0 Å². The van der Waals surface area contributed by atoms with Crippen molar-refractivity contribution in [2.45, 2.75) is 0 Å². The zero-order chi connectivity index (χ0) is 33.0. The largest absolute Gasteiger partial charge is 0.309 e. The van der Waals surface area contributed by atoms with E-state index < -0.39 is 0 Å². The molecule has 0 fully saturated rings. The van der Waals surface area contributed by atoms with E-state index in [9.17, 15) is 0 Å². The molecule has 0 amide bonds. The van der Waals surface area contributed by atoms with E-state index in [1.54, 1.807) is 0 Å². The number of para-hydroxylation sites is 3. The van der Waals surface area contributed by atoms with E-state index in [-0.39, 0.29) is 0 Å². The lowest BCUT2D eigenvalue weighted by Gasteiger charge is -2.12. The van der Waals surface area contributed by atoms with Gasteiger partial charge in [-0.25, -0.2) is 9.97 Å². The molecule has 0 spiro atoms. The van der Waals surface area contributed by atoms with Crippen molar-refractivity contribution >= 4 is 43.6 Å². The maximum atomic E-state index is 5.05. The van der Waals surface area contributed by atoms with Gasteiger partial charge in [0.25, 0.3) is 0 Å². The van der Waals surface area contributed by atoms with Gasteiger partial charge >= 0.3 is 0 Å². The summed E-state index contributed by atoms with van der Waals surface area (Å²) in [4.78, 5) is 10.1. The molecule has 0 N–H and O–H groups in total. The average Bonchev–Trinajstić information content (AvgIpc) is 3.70. The van der Waals surface area contributed by atoms with Crippen molar-refractivity contribution in [1.82, 2.24) is 19.1 Å². The Labute approximate surface area is 289 Å². The molecule has 0 bridgehead atoms. The number of hydrogen-bond donors (Lipinski definition) is 0. The van der Waals surface area contributed by atoms with Crippen LogP contribution in [-0.2, 0) is 0 Å². The molecule has 0 aliphatic heterocycles. The Balaban J connectivity index is 1.17. The van der Waals surface area contributed by atoms with Crippen molar-refractivity contribution in [2.24, 2.45) is 0 Å². The maximum absolute atomic E-state index is 5.05. The molecule has 10 aromatic rings. The van der Waals surface area contributed by atoms with Crippen LogP contribution < -0.4 is 0 Å². The highest BCUT2D eigenvalue weighted by atomic mass is 15.1. The fraction of sp³-hybridized carbons (Fsp3) is 0. The maximum Gasteiger partial charge on any atom is 0.234 e. The molecule has 0 unspecified atom stereocenters. The summed E-state index contributed by atoms with van der Waals surface area (Å²) in [5, 5.41) is 4.82. The predicted molar refractivity (Wildman–Crippen MR) is 207 cm³/mol. The smallest absolute Gasteiger partial charge is 0.234 e. The Kier molecular flexibility index (Phi) is 6.46. The van der Waals surface area contributed by atoms with Crippen LogP contribution in [0.5, 0.6) is 0 Å². The van der Waals surface area contributed by atoms with E-state index in [0.29, 0.717) is 5.95 Å². The lowest BCUT2D eigenvalue weighted by Crippen LogP contribution is -2.01. The van der Waals surface area contributed by atoms with E-state index in [1.807, 2.05) is 12.4 Å². The number of fused-ring (bicyclic) bond motifs is 6. The zero-order valence-corrected chi connectivity index (χ0v) is 27.1. The van der Waals surface area contributed by atoms with Crippen molar-refractivity contribution < 1.29 is 0 Å². The molecule has 3 heterocycles. The number of nitrogens with zero attached hydrogens (tertiary/aromatic N) is 4. The van der Waals surface area contributed by atoms with Crippen LogP contribution in [0.4, 0.5) is 0 Å². The molecule has 7 aromatic carbocycles. The van der Waals surface area contributed by atoms with Crippen LogP contribution in [0.3, 0.4) is 0 Å². The first kappa shape index (κ1) is 28.3. The van der Waals surface area contributed by atoms with E-state index in [4.69, 9.17) is 9.97 Å². The molecule has 0 saturated heterocycles. The Morgan fingerprint density at radius 2 is 0.740 bits per heavy atom. The Morgan fingerprint density at radius 1 is 0.300 bits per heavy atom. The summed E-state index contributed by atoms with van der Waals surface area (Å²) in [6.45, 7) is 0. The van der Waals surface area contributed by atoms with Crippen LogP contribution in [-0.4, -0.2) is 19.1 Å². The Bertz CT molecular complexity index is 2770. The minimum absolute atomic E-state index is 0.643. The first-order chi connectivity index (χ1) is 24.8. The van der Waals surface area contributed by atoms with Crippen LogP contribution in [0.25, 0.3) is 88.6 Å². The summed E-state index contributed by atoms with van der Waals surface area (Å²) in [6.07, 6.45) is 3.92. The fourth-order valence-corrected chi connectivity index (χ4v) is 7.48. The third-order valence-electron chi connectivity index (χ3n) is 9.80. The predicted octanol–water partition coefficient (Wildman–Crippen LogP) is 11.7. The molecule has 0 aliphatic carbocycles. The van der Waals surface area contributed by atoms with Crippen molar-refractivity contribution in [1.29, 1.82) is 0 Å². The molecule has 3 aromatic heterocycles. The van der Waals surface area contributed by atoms with Gasteiger partial charge < -0.3 is 4.57 Å². The number of hydrogen-bond acceptors (Lipinski definition) is 2. The SMILES string of the molecule is c1ccc(-c2cc(-c3ccccc3)cc(-c3cnc(-n4c5ccccc5c5cc6c7ccccc7n(-c7ccccc7)c6cc54)nc3)c2)cc1. The van der Waals surface area contributed by atoms with Gasteiger partial charge in [0.05, 0.1) is 22.1 Å². The molecular formula is C46H30N4. The van der Waals surface area contributed by atoms with Crippen molar-refractivity contribution in [3.63, 3.8) is 0 Å². The zero-order valence-electron chi connectivity index (χ0n) is 27.1. The third-order valence-corrected chi connectivity index (χ3v) is 9.80. The molecule has 0 radical (unpaired) electrons. The highest BCUT2D eigenvalue weighted by Gasteiger charge is 2.19. The minimum Gasteiger partial charge on any atom is -0.309 e. The van der Waals surface area contributed by atoms with Gasteiger partial charge in [-0.05, 0) is 82.4 Å². The molecule has 234 valence electrons. The Morgan fingerprint density at radius 3 is 1.30 bits per heavy atom. The van der Waals surface area contributed by atoms with Gasteiger partial charge in [0.1, 0.15) is 0 Å². The fourth-order valence-electron chi connectivity index (χ4n) is 7.48. The molecule has 4 heteroatoms. The van der Waals surface area contributed by atoms with Crippen molar-refractivity contribution in [3.05, 3.63) is 182 Å². The van der Waals surface area contributed by atoms with E-state index >= 15 is 0 Å². The molecule has 10 rings (SSSR count). The highest BCUT2D eigenvalue weighted by Crippen LogP contribution is 2.39. The van der Waals surface area contributed by atoms with Gasteiger partial charge in [-0.15, -0.1) is 0 Å². The normalized spacial score (nSPS) is 11.6. The van der Waals surface area contributed by atoms with E-state index in [0.717, 1.165) is 44.5 Å². The van der Waals surface area contributed by atoms with Gasteiger partial charge in [-0.2, -0.15) is 0 Å². The summed E-state index contributed by atoms with van der Waals surface area (Å²) >= 11 is 0. The van der Waals surface area contributed by atoms with E-state index in [1.165, 1.54) is 38.2 Å². The van der Waals surface area contributed by atoms with Crippen molar-refractivity contribution in [2.75, 3.05) is 0 Å². The monoisotopic (exact) mass is 638 g/mol. The lowest BCUT2D eigenvalue weighted by molar-refractivity contribution is 0.990. The quantitative estimate of drug-likeness (QED) is 0.188. The van der Waals surface area contributed by atoms with Crippen LogP contribution >= 0.6 is 0 Å². The number of rotatable bonds is 5. The lowest BCUT2D eigenvalue weighted by atomic mass is 9.94. The highest BCUT2D eigenvalue weighted by molar-refractivity contribution is 6.19. The van der Waals surface area contributed by atoms with Crippen molar-refractivity contribution in [3.8, 4) is 45.0 Å². The molecular weight excluding hydrogens is 609 g/mol. The van der Waals surface area contributed by atoms with Gasteiger partial charge in [-0.1, -0.05) is 115 Å². The number of benzene rings is 7. The molecule has 4 nitrogen and oxygen atoms in total. The Hall–Kier alpha value is -6.78. The molecule has 0 aliphatic rings. The second-order valence-corrected chi connectivity index (χ2v) is 12.7. The average molecular weight is 639 g/mol. The first-order valence-electron chi connectivity index (χ1n) is 16.9. The second kappa shape index (κ2) is 11.4. The topological polar surface area (TPSA) is 35.6 Å². The molecule has 0 saturated carbocycles. The van der Waals surface area contributed by atoms with E-state index in [2.05, 4.69) is 179 Å². The summed E-state index contributed by atoms with van der Waals surface area (Å²) < 4.78 is 4.57. The first-order valence-corrected chi connectivity index (χ1v) is 16.9. The molecule has 0 atom stereocenters. The summed E-state index contributed by atoms with van der Waals surface area (Å²) in [7, 11) is 0. The van der Waals surface area contributed by atoms with Gasteiger partial charge in [0, 0.05) is 45.2 Å². The van der Waals surface area contributed by atoms with Crippen LogP contribution in [0.15, 0.2) is 182 Å². The standard InChI is InChI=1S/C46H30N4/c1-4-14-31(15-5-1)33-24-34(32-16-6-2-7-17-32)26-35(25-33)36-29-47-46(48-30-36)50-43-23-13-11-21-39(43)41-27-40-38-20-10-12-22-42(38)49(44(40)28-45(41)50)37-18-8-3-9-19-37/h1-30H. The van der Waals surface area contributed by atoms with Crippen LogP contribution in [0.1, 0.15) is 0 Å². The second-order valence-electron chi connectivity index (χ2n) is 12.7. The minimum atomic E-state index is 0.643. The summed E-state index contributed by atoms with van der Waals surface area (Å²) in [5.41, 5.74) is 12.3. The van der Waals surface area contributed by atoms with Gasteiger partial charge in [0.15, 0.2) is 0 Å². The summed E-state index contributed by atoms with van der Waals surface area (Å²) in [5.74, 6) is 0.643. The van der Waals surface area contributed by atoms with Gasteiger partial charge in [0.2, 0.25) is 5.95 Å². The van der Waals surface area contributed by atoms with Gasteiger partial charge in [-0.3, -0.25) is 4.57 Å².